The molecule has 1 aliphatic carbocycles. The van der Waals surface area contributed by atoms with Crippen molar-refractivity contribution in [3.05, 3.63) is 51.0 Å². The lowest BCUT2D eigenvalue weighted by atomic mass is 9.72. The van der Waals surface area contributed by atoms with Gasteiger partial charge in [-0.05, 0) is 52.3 Å². The third-order valence-electron chi connectivity index (χ3n) is 4.54. The van der Waals surface area contributed by atoms with Gasteiger partial charge in [-0.2, -0.15) is 0 Å². The van der Waals surface area contributed by atoms with Gasteiger partial charge < -0.3 is 9.47 Å². The van der Waals surface area contributed by atoms with Gasteiger partial charge in [0, 0.05) is 15.6 Å². The molecular formula is C22H25BrO3. The van der Waals surface area contributed by atoms with Gasteiger partial charge >= 0.3 is 0 Å². The van der Waals surface area contributed by atoms with E-state index in [9.17, 15) is 4.79 Å². The number of fused-ring (bicyclic) bond motifs is 1. The molecule has 1 aromatic carbocycles. The highest BCUT2D eigenvalue weighted by atomic mass is 79.9. The Bertz CT molecular complexity index is 823. The fraction of sp³-hybridized carbons (Fsp3) is 0.409. The quantitative estimate of drug-likeness (QED) is 0.555. The number of hydrogen-bond donors (Lipinski definition) is 0. The zero-order valence-corrected chi connectivity index (χ0v) is 17.8. The van der Waals surface area contributed by atoms with Crippen LogP contribution in [-0.2, 0) is 4.79 Å². The van der Waals surface area contributed by atoms with Crippen LogP contribution in [0, 0.1) is 10.8 Å². The molecule has 0 N–H and O–H groups in total. The van der Waals surface area contributed by atoms with Gasteiger partial charge in [-0.3, -0.25) is 4.79 Å². The van der Waals surface area contributed by atoms with Crippen molar-refractivity contribution in [1.82, 2.24) is 0 Å². The second-order valence-electron chi connectivity index (χ2n) is 8.82. The third kappa shape index (κ3) is 3.66. The molecule has 26 heavy (non-hydrogen) atoms. The fourth-order valence-electron chi connectivity index (χ4n) is 3.07. The highest BCUT2D eigenvalue weighted by Crippen LogP contribution is 2.41. The van der Waals surface area contributed by atoms with Crippen molar-refractivity contribution >= 4 is 27.8 Å². The summed E-state index contributed by atoms with van der Waals surface area (Å²) in [6.45, 7) is 12.7. The Morgan fingerprint density at radius 2 is 1.42 bits per heavy atom. The number of benzene rings is 1. The molecule has 0 atom stereocenters. The molecule has 0 amide bonds. The summed E-state index contributed by atoms with van der Waals surface area (Å²) in [6.07, 6.45) is 6.10. The number of halogens is 1. The van der Waals surface area contributed by atoms with E-state index in [-0.39, 0.29) is 23.4 Å². The van der Waals surface area contributed by atoms with E-state index in [4.69, 9.17) is 9.47 Å². The topological polar surface area (TPSA) is 35.5 Å². The summed E-state index contributed by atoms with van der Waals surface area (Å²) in [7, 11) is 0. The van der Waals surface area contributed by atoms with E-state index in [0.717, 1.165) is 38.3 Å². The maximum absolute atomic E-state index is 13.0. The minimum atomic E-state index is -0.215. The summed E-state index contributed by atoms with van der Waals surface area (Å²) in [5, 5.41) is 0. The fourth-order valence-corrected chi connectivity index (χ4v) is 3.51. The molecule has 138 valence electrons. The molecule has 0 spiro atoms. The predicted octanol–water partition coefficient (Wildman–Crippen LogP) is 6.09. The lowest BCUT2D eigenvalue weighted by molar-refractivity contribution is -0.114. The van der Waals surface area contributed by atoms with Gasteiger partial charge in [0.05, 0.1) is 0 Å². The van der Waals surface area contributed by atoms with Crippen molar-refractivity contribution in [3.63, 3.8) is 0 Å². The van der Waals surface area contributed by atoms with Crippen molar-refractivity contribution < 1.29 is 14.3 Å². The maximum Gasteiger partial charge on any atom is 0.231 e. The zero-order chi connectivity index (χ0) is 19.3. The monoisotopic (exact) mass is 416 g/mol. The minimum Gasteiger partial charge on any atom is -0.454 e. The van der Waals surface area contributed by atoms with Gasteiger partial charge in [-0.1, -0.05) is 57.5 Å². The highest BCUT2D eigenvalue weighted by molar-refractivity contribution is 9.10. The van der Waals surface area contributed by atoms with Crippen LogP contribution >= 0.6 is 15.9 Å². The Balaban J connectivity index is 2.13. The van der Waals surface area contributed by atoms with Crippen LogP contribution in [0.1, 0.15) is 47.1 Å². The van der Waals surface area contributed by atoms with Crippen LogP contribution in [-0.4, -0.2) is 12.6 Å². The predicted molar refractivity (Wildman–Crippen MR) is 108 cm³/mol. The first-order chi connectivity index (χ1) is 12.0. The summed E-state index contributed by atoms with van der Waals surface area (Å²) >= 11 is 3.61. The van der Waals surface area contributed by atoms with E-state index in [2.05, 4.69) is 63.5 Å². The highest BCUT2D eigenvalue weighted by Gasteiger charge is 2.34. The number of ketones is 1. The van der Waals surface area contributed by atoms with Gasteiger partial charge in [0.25, 0.3) is 0 Å². The van der Waals surface area contributed by atoms with Gasteiger partial charge in [0.1, 0.15) is 0 Å². The molecular weight excluding hydrogens is 392 g/mol. The maximum atomic E-state index is 13.0. The van der Waals surface area contributed by atoms with Crippen LogP contribution in [0.4, 0.5) is 0 Å². The Labute approximate surface area is 163 Å². The number of hydrogen-bond acceptors (Lipinski definition) is 3. The van der Waals surface area contributed by atoms with Crippen molar-refractivity contribution in [3.8, 4) is 11.5 Å². The van der Waals surface area contributed by atoms with Crippen molar-refractivity contribution in [2.24, 2.45) is 10.8 Å². The van der Waals surface area contributed by atoms with Gasteiger partial charge in [-0.15, -0.1) is 0 Å². The normalized spacial score (nSPS) is 17.2. The van der Waals surface area contributed by atoms with Crippen LogP contribution in [0.2, 0.25) is 0 Å². The number of rotatable bonds is 1. The van der Waals surface area contributed by atoms with Crippen LogP contribution in [0.15, 0.2) is 45.5 Å². The average Bonchev–Trinajstić information content (AvgIpc) is 2.93. The molecule has 0 saturated carbocycles. The van der Waals surface area contributed by atoms with E-state index in [0.29, 0.717) is 0 Å². The van der Waals surface area contributed by atoms with Crippen molar-refractivity contribution in [2.45, 2.75) is 41.5 Å². The number of carbonyl (C=O) groups excluding carboxylic acids is 1. The van der Waals surface area contributed by atoms with E-state index in [1.165, 1.54) is 0 Å². The summed E-state index contributed by atoms with van der Waals surface area (Å²) in [5.74, 6) is 1.63. The third-order valence-corrected chi connectivity index (χ3v) is 5.23. The second-order valence-corrected chi connectivity index (χ2v) is 9.67. The smallest absolute Gasteiger partial charge is 0.231 e. The molecule has 0 unspecified atom stereocenters. The Kier molecular flexibility index (Phi) is 4.68. The first kappa shape index (κ1) is 19.0. The summed E-state index contributed by atoms with van der Waals surface area (Å²) in [5.41, 5.74) is 3.26. The molecule has 3 rings (SSSR count). The molecule has 0 aromatic heterocycles. The van der Waals surface area contributed by atoms with Crippen LogP contribution < -0.4 is 9.47 Å². The molecule has 0 radical (unpaired) electrons. The van der Waals surface area contributed by atoms with E-state index in [1.54, 1.807) is 0 Å². The Morgan fingerprint density at radius 3 is 1.92 bits per heavy atom. The SMILES string of the molecule is CC(C)(C)C1=CC(=Cc2cc3c(cc2Br)OCO3)C=C(C(C)(C)C)C1=O. The van der Waals surface area contributed by atoms with Crippen molar-refractivity contribution in [1.29, 1.82) is 0 Å². The summed E-state index contributed by atoms with van der Waals surface area (Å²) in [4.78, 5) is 13.0. The summed E-state index contributed by atoms with van der Waals surface area (Å²) < 4.78 is 11.8. The van der Waals surface area contributed by atoms with Crippen LogP contribution in [0.3, 0.4) is 0 Å². The zero-order valence-electron chi connectivity index (χ0n) is 16.2. The van der Waals surface area contributed by atoms with E-state index >= 15 is 0 Å². The summed E-state index contributed by atoms with van der Waals surface area (Å²) in [6, 6.07) is 3.89. The Hall–Kier alpha value is -1.81. The average molecular weight is 417 g/mol. The van der Waals surface area contributed by atoms with E-state index in [1.807, 2.05) is 24.3 Å². The molecule has 3 nitrogen and oxygen atoms in total. The molecule has 4 heteroatoms. The first-order valence-electron chi connectivity index (χ1n) is 8.77. The largest absolute Gasteiger partial charge is 0.454 e. The number of Topliss-reactive ketones (excluding diaryl/α,β-unsaturated/α-hetero) is 1. The van der Waals surface area contributed by atoms with Crippen LogP contribution in [0.5, 0.6) is 11.5 Å². The first-order valence-corrected chi connectivity index (χ1v) is 9.56. The molecule has 0 fully saturated rings. The number of carbonyl (C=O) groups is 1. The standard InChI is InChI=1S/C22H25BrO3/c1-21(2,3)15-8-13(9-16(20(15)24)22(4,5)6)7-14-10-18-19(11-17(14)23)26-12-25-18/h7-11H,12H2,1-6H3. The molecule has 2 aliphatic rings. The molecule has 1 aromatic rings. The molecule has 0 bridgehead atoms. The van der Waals surface area contributed by atoms with Gasteiger partial charge in [-0.25, -0.2) is 0 Å². The number of ether oxygens (including phenoxy) is 2. The molecule has 0 saturated heterocycles. The minimum absolute atomic E-state index is 0.145. The van der Waals surface area contributed by atoms with Gasteiger partial charge in [0.2, 0.25) is 6.79 Å². The van der Waals surface area contributed by atoms with Crippen LogP contribution in [0.25, 0.3) is 6.08 Å². The second kappa shape index (κ2) is 6.41. The number of allylic oxidation sites excluding steroid dienone is 5. The van der Waals surface area contributed by atoms with E-state index < -0.39 is 0 Å². The molecule has 1 aliphatic heterocycles. The Morgan fingerprint density at radius 1 is 0.923 bits per heavy atom. The molecule has 1 heterocycles. The van der Waals surface area contributed by atoms with Gasteiger partial charge in [0.15, 0.2) is 17.3 Å². The lowest BCUT2D eigenvalue weighted by Crippen LogP contribution is -2.27. The van der Waals surface area contributed by atoms with Crippen molar-refractivity contribution in [2.75, 3.05) is 6.79 Å². The lowest BCUT2D eigenvalue weighted by Gasteiger charge is -2.31.